The highest BCUT2D eigenvalue weighted by Crippen LogP contribution is 2.42. The van der Waals surface area contributed by atoms with E-state index in [1.165, 1.54) is 42.8 Å². The molecule has 0 spiro atoms. The molecule has 2 heterocycles. The van der Waals surface area contributed by atoms with Gasteiger partial charge in [0, 0.05) is 25.7 Å². The van der Waals surface area contributed by atoms with Crippen molar-refractivity contribution in [2.45, 2.75) is 75.3 Å². The van der Waals surface area contributed by atoms with Crippen molar-refractivity contribution >= 4 is 70.1 Å². The number of thioether (sulfide) groups is 1. The fourth-order valence-corrected chi connectivity index (χ4v) is 7.71. The molecule has 12 nitrogen and oxygen atoms in total. The van der Waals surface area contributed by atoms with Crippen LogP contribution < -0.4 is 32.1 Å². The molecule has 4 rings (SSSR count). The Morgan fingerprint density at radius 2 is 1.95 bits per heavy atom. The van der Waals surface area contributed by atoms with Crippen LogP contribution in [0.25, 0.3) is 0 Å². The van der Waals surface area contributed by atoms with Crippen molar-refractivity contribution in [3.05, 3.63) is 38.7 Å². The van der Waals surface area contributed by atoms with Gasteiger partial charge in [0.25, 0.3) is 17.4 Å². The molecule has 5 N–H and O–H groups in total. The highest BCUT2D eigenvalue weighted by molar-refractivity contribution is 8.06. The zero-order valence-corrected chi connectivity index (χ0v) is 26.2. The number of pyridine rings is 1. The van der Waals surface area contributed by atoms with Crippen LogP contribution in [0.5, 0.6) is 0 Å². The number of nitrogens with one attached hydrogen (secondary N) is 5. The fraction of sp³-hybridized carbons (Fsp3) is 0.571. The van der Waals surface area contributed by atoms with Gasteiger partial charge in [-0.3, -0.25) is 28.8 Å². The van der Waals surface area contributed by atoms with Crippen LogP contribution >= 0.6 is 35.0 Å². The van der Waals surface area contributed by atoms with E-state index in [2.05, 4.69) is 33.5 Å². The largest absolute Gasteiger partial charge is 0.355 e. The number of fused-ring (bicyclic) bond motifs is 2. The van der Waals surface area contributed by atoms with Gasteiger partial charge in [0.15, 0.2) is 4.83 Å². The summed E-state index contributed by atoms with van der Waals surface area (Å²) in [6, 6.07) is 1.64. The van der Waals surface area contributed by atoms with E-state index in [0.717, 1.165) is 36.9 Å². The zero-order chi connectivity index (χ0) is 31.3. The number of rotatable bonds is 11. The summed E-state index contributed by atoms with van der Waals surface area (Å²) in [7, 11) is 1.30. The molecule has 4 amide bonds. The first-order valence-corrected chi connectivity index (χ1v) is 16.0. The average Bonchev–Trinajstić information content (AvgIpc) is 3.32. The maximum absolute atomic E-state index is 13.3. The quantitative estimate of drug-likeness (QED) is 0.137. The molecule has 1 aromatic heterocycles. The third-order valence-electron chi connectivity index (χ3n) is 8.22. The Kier molecular flexibility index (Phi) is 11.2. The van der Waals surface area contributed by atoms with Gasteiger partial charge in [0.1, 0.15) is 28.3 Å². The third kappa shape index (κ3) is 8.33. The molecule has 43 heavy (non-hydrogen) atoms. The first-order valence-electron chi connectivity index (χ1n) is 14.3. The molecular formula is C28H36Cl2N6O6S. The van der Waals surface area contributed by atoms with Gasteiger partial charge in [-0.25, -0.2) is 0 Å². The Bertz CT molecular complexity index is 1370. The number of amides is 4. The zero-order valence-electron chi connectivity index (χ0n) is 23.9. The molecule has 2 bridgehead atoms. The minimum Gasteiger partial charge on any atom is -0.355 e. The molecule has 2 saturated carbocycles. The van der Waals surface area contributed by atoms with Crippen LogP contribution in [0.1, 0.15) is 51.9 Å². The number of halogens is 2. The number of likely N-dealkylation sites (N-methyl/N-ethyl adjacent to an activating group) is 1. The van der Waals surface area contributed by atoms with Crippen molar-refractivity contribution in [2.75, 3.05) is 12.4 Å². The monoisotopic (exact) mass is 654 g/mol. The summed E-state index contributed by atoms with van der Waals surface area (Å²) >= 11 is 13.0. The number of Topliss-reactive ketones (excluding diaryl/α,β-unsaturated/α-hetero) is 1. The topological polar surface area (TPSA) is 168 Å². The molecule has 6 unspecified atom stereocenters. The molecule has 6 atom stereocenters. The highest BCUT2D eigenvalue weighted by atomic mass is 35.5. The molecule has 2 aliphatic carbocycles. The first kappa shape index (κ1) is 32.9. The minimum atomic E-state index is -1.32. The van der Waals surface area contributed by atoms with Crippen LogP contribution in [0.15, 0.2) is 33.2 Å². The number of anilines is 1. The van der Waals surface area contributed by atoms with Gasteiger partial charge in [-0.05, 0) is 55.6 Å². The van der Waals surface area contributed by atoms with E-state index in [0.29, 0.717) is 11.8 Å². The van der Waals surface area contributed by atoms with E-state index in [4.69, 9.17) is 23.2 Å². The Labute approximate surface area is 263 Å². The Balaban J connectivity index is 1.44. The number of aromatic nitrogens is 1. The lowest BCUT2D eigenvalue weighted by molar-refractivity contribution is -0.137. The number of hydrogen-bond donors (Lipinski definition) is 5. The number of hydrogen-bond acceptors (Lipinski definition) is 8. The maximum Gasteiger partial charge on any atom is 0.287 e. The smallest absolute Gasteiger partial charge is 0.287 e. The van der Waals surface area contributed by atoms with E-state index in [9.17, 15) is 28.8 Å². The number of carbonyl (C=O) groups excluding carboxylic acids is 5. The van der Waals surface area contributed by atoms with Crippen molar-refractivity contribution < 1.29 is 24.0 Å². The molecule has 1 aromatic rings. The number of nitrogens with zero attached hydrogens (tertiary/aromatic N) is 1. The van der Waals surface area contributed by atoms with E-state index in [-0.39, 0.29) is 47.1 Å². The van der Waals surface area contributed by atoms with E-state index in [1.54, 1.807) is 0 Å². The van der Waals surface area contributed by atoms with E-state index >= 15 is 0 Å². The normalized spacial score (nSPS) is 25.3. The third-order valence-corrected chi connectivity index (χ3v) is 9.79. The van der Waals surface area contributed by atoms with Crippen molar-refractivity contribution in [3.8, 4) is 0 Å². The summed E-state index contributed by atoms with van der Waals surface area (Å²) in [5.41, 5.74) is -0.784. The number of carbonyl (C=O) groups is 5. The van der Waals surface area contributed by atoms with Crippen LogP contribution in [0.4, 0.5) is 5.69 Å². The summed E-state index contributed by atoms with van der Waals surface area (Å²) in [6.07, 6.45) is 6.58. The highest BCUT2D eigenvalue weighted by Gasteiger charge is 2.38. The van der Waals surface area contributed by atoms with Crippen LogP contribution in [0.2, 0.25) is 0 Å². The van der Waals surface area contributed by atoms with Gasteiger partial charge in [-0.2, -0.15) is 0 Å². The first-order chi connectivity index (χ1) is 20.5. The lowest BCUT2D eigenvalue weighted by Gasteiger charge is -2.44. The number of alkyl halides is 1. The molecule has 2 fully saturated rings. The lowest BCUT2D eigenvalue weighted by Crippen LogP contribution is -2.50. The van der Waals surface area contributed by atoms with Crippen molar-refractivity contribution in [1.29, 1.82) is 0 Å². The second-order valence-corrected chi connectivity index (χ2v) is 13.6. The summed E-state index contributed by atoms with van der Waals surface area (Å²) in [4.78, 5) is 75.5. The van der Waals surface area contributed by atoms with Crippen LogP contribution in [-0.4, -0.2) is 57.9 Å². The van der Waals surface area contributed by atoms with Gasteiger partial charge in [0.05, 0.1) is 0 Å². The lowest BCUT2D eigenvalue weighted by atomic mass is 9.65. The average molecular weight is 656 g/mol. The van der Waals surface area contributed by atoms with E-state index in [1.807, 2.05) is 0 Å². The van der Waals surface area contributed by atoms with Crippen molar-refractivity contribution in [3.63, 3.8) is 0 Å². The van der Waals surface area contributed by atoms with Crippen LogP contribution in [0, 0.1) is 17.8 Å². The molecule has 0 aromatic carbocycles. The molecule has 15 heteroatoms. The van der Waals surface area contributed by atoms with Gasteiger partial charge in [-0.15, -0.1) is 0 Å². The van der Waals surface area contributed by atoms with Crippen molar-refractivity contribution in [1.82, 2.24) is 25.8 Å². The van der Waals surface area contributed by atoms with Crippen LogP contribution in [-0.2, 0) is 30.5 Å². The van der Waals surface area contributed by atoms with Crippen molar-refractivity contribution in [2.24, 2.45) is 17.8 Å². The minimum absolute atomic E-state index is 0.0498. The summed E-state index contributed by atoms with van der Waals surface area (Å²) in [5.74, 6) is -1.95. The predicted octanol–water partition coefficient (Wildman–Crippen LogP) is 1.96. The van der Waals surface area contributed by atoms with E-state index < -0.39 is 39.9 Å². The Morgan fingerprint density at radius 3 is 2.65 bits per heavy atom. The molecule has 3 aliphatic rings. The Hall–Kier alpha value is -3.03. The standard InChI is InChI=1S/C28H36Cl2N6O6S/c1-14-11-15-5-3-6-16(12-15)21(14)34-20(38)13-36-10-4-7-18(27(36)42)33-24(39)17(8-9-19(37)25(40)31-2)32-26(41)22-23(29)43-28(30)35-22/h4,7,10,14-17,21,28,35H,3,5-6,8-9,11-13H2,1-2H3,(H,31,40)(H,32,41)(H,33,39)(H,34,38). The summed E-state index contributed by atoms with van der Waals surface area (Å²) in [5, 5.41) is 13.0. The molecule has 0 saturated heterocycles. The van der Waals surface area contributed by atoms with Gasteiger partial charge < -0.3 is 31.2 Å². The molecular weight excluding hydrogens is 619 g/mol. The predicted molar refractivity (Wildman–Crippen MR) is 164 cm³/mol. The SMILES string of the molecule is CNC(=O)C(=O)CCC(NC(=O)C1=C(Cl)SC(Cl)N1)C(=O)Nc1cccn(CC(=O)NC2C(C)CC3CCCC2C3)c1=O. The second kappa shape index (κ2) is 14.6. The van der Waals surface area contributed by atoms with Gasteiger partial charge >= 0.3 is 0 Å². The van der Waals surface area contributed by atoms with Gasteiger partial charge in [-0.1, -0.05) is 54.7 Å². The summed E-state index contributed by atoms with van der Waals surface area (Å²) < 4.78 is 1.30. The number of ketones is 1. The molecule has 234 valence electrons. The fourth-order valence-electron chi connectivity index (χ4n) is 6.16. The van der Waals surface area contributed by atoms with Crippen LogP contribution in [0.3, 0.4) is 0 Å². The second-order valence-electron chi connectivity index (χ2n) is 11.2. The summed E-state index contributed by atoms with van der Waals surface area (Å²) in [6.45, 7) is 1.94. The van der Waals surface area contributed by atoms with Gasteiger partial charge in [0.2, 0.25) is 17.6 Å². The maximum atomic E-state index is 13.3. The molecule has 1 aliphatic heterocycles. The Morgan fingerprint density at radius 1 is 1.19 bits per heavy atom. The molecule has 0 radical (unpaired) electrons.